The number of benzene rings is 2. The van der Waals surface area contributed by atoms with Crippen LogP contribution < -0.4 is 0 Å². The van der Waals surface area contributed by atoms with E-state index in [0.717, 1.165) is 31.2 Å². The van der Waals surface area contributed by atoms with E-state index in [9.17, 15) is 9.50 Å². The van der Waals surface area contributed by atoms with Gasteiger partial charge in [-0.25, -0.2) is 4.39 Å². The van der Waals surface area contributed by atoms with Crippen molar-refractivity contribution in [1.82, 2.24) is 0 Å². The quantitative estimate of drug-likeness (QED) is 0.890. The van der Waals surface area contributed by atoms with E-state index in [2.05, 4.69) is 12.1 Å². The summed E-state index contributed by atoms with van der Waals surface area (Å²) in [7, 11) is 0. The van der Waals surface area contributed by atoms with Crippen molar-refractivity contribution < 1.29 is 9.50 Å². The van der Waals surface area contributed by atoms with Crippen LogP contribution >= 0.6 is 0 Å². The predicted octanol–water partition coefficient (Wildman–Crippen LogP) is 4.24. The molecule has 0 saturated heterocycles. The van der Waals surface area contributed by atoms with E-state index in [-0.39, 0.29) is 11.2 Å². The van der Waals surface area contributed by atoms with Gasteiger partial charge < -0.3 is 5.11 Å². The molecular formula is C19H21FO. The largest absolute Gasteiger partial charge is 0.392 e. The van der Waals surface area contributed by atoms with Crippen molar-refractivity contribution in [2.24, 2.45) is 0 Å². The van der Waals surface area contributed by atoms with Crippen molar-refractivity contribution >= 4 is 0 Å². The molecule has 1 aliphatic rings. The van der Waals surface area contributed by atoms with E-state index < -0.39 is 6.10 Å². The molecule has 1 saturated carbocycles. The van der Waals surface area contributed by atoms with E-state index in [4.69, 9.17) is 0 Å². The van der Waals surface area contributed by atoms with Crippen LogP contribution in [0.25, 0.3) is 0 Å². The minimum absolute atomic E-state index is 0.173. The molecule has 1 nitrogen and oxygen atoms in total. The standard InChI is InChI=1S/C19H21FO/c20-17-10-6-7-15(13-17)14-18(21)19(11-4-5-12-19)16-8-2-1-3-9-16/h1-3,6-10,13,18,21H,4-5,11-12,14H2. The van der Waals surface area contributed by atoms with E-state index in [1.807, 2.05) is 24.3 Å². The summed E-state index contributed by atoms with van der Waals surface area (Å²) < 4.78 is 13.3. The molecule has 1 N–H and O–H groups in total. The summed E-state index contributed by atoms with van der Waals surface area (Å²) in [6.07, 6.45) is 4.35. The van der Waals surface area contributed by atoms with Crippen LogP contribution in [-0.4, -0.2) is 11.2 Å². The fraction of sp³-hybridized carbons (Fsp3) is 0.368. The normalized spacial score (nSPS) is 18.6. The zero-order chi connectivity index (χ0) is 14.7. The molecule has 0 aliphatic heterocycles. The lowest BCUT2D eigenvalue weighted by atomic mass is 9.72. The lowest BCUT2D eigenvalue weighted by molar-refractivity contribution is 0.0825. The number of aliphatic hydroxyl groups is 1. The lowest BCUT2D eigenvalue weighted by Crippen LogP contribution is -2.38. The van der Waals surface area contributed by atoms with Gasteiger partial charge in [0.25, 0.3) is 0 Å². The molecule has 0 amide bonds. The first-order valence-electron chi connectivity index (χ1n) is 7.69. The second-order valence-electron chi connectivity index (χ2n) is 6.08. The number of hydrogen-bond donors (Lipinski definition) is 1. The third-order valence-electron chi connectivity index (χ3n) is 4.80. The van der Waals surface area contributed by atoms with Crippen LogP contribution in [0.2, 0.25) is 0 Å². The smallest absolute Gasteiger partial charge is 0.123 e. The van der Waals surface area contributed by atoms with Crippen molar-refractivity contribution in [3.05, 3.63) is 71.5 Å². The number of halogens is 1. The molecule has 0 heterocycles. The van der Waals surface area contributed by atoms with Crippen molar-refractivity contribution in [2.75, 3.05) is 0 Å². The maximum Gasteiger partial charge on any atom is 0.123 e. The first-order valence-corrected chi connectivity index (χ1v) is 7.69. The minimum atomic E-state index is -0.468. The molecule has 0 spiro atoms. The molecule has 0 radical (unpaired) electrons. The second-order valence-corrected chi connectivity index (χ2v) is 6.08. The summed E-state index contributed by atoms with van der Waals surface area (Å²) in [6, 6.07) is 16.9. The molecule has 0 bridgehead atoms. The molecule has 1 fully saturated rings. The molecular weight excluding hydrogens is 263 g/mol. The van der Waals surface area contributed by atoms with E-state index >= 15 is 0 Å². The Hall–Kier alpha value is -1.67. The third-order valence-corrected chi connectivity index (χ3v) is 4.80. The summed E-state index contributed by atoms with van der Waals surface area (Å²) >= 11 is 0. The van der Waals surface area contributed by atoms with Crippen molar-refractivity contribution in [3.8, 4) is 0 Å². The summed E-state index contributed by atoms with van der Waals surface area (Å²) in [5, 5.41) is 10.9. The number of rotatable bonds is 4. The molecule has 110 valence electrons. The van der Waals surface area contributed by atoms with Crippen molar-refractivity contribution in [3.63, 3.8) is 0 Å². The minimum Gasteiger partial charge on any atom is -0.392 e. The van der Waals surface area contributed by atoms with E-state index in [1.165, 1.54) is 17.7 Å². The Kier molecular flexibility index (Phi) is 4.07. The van der Waals surface area contributed by atoms with Crippen LogP contribution in [0, 0.1) is 5.82 Å². The maximum absolute atomic E-state index is 13.3. The highest BCUT2D eigenvalue weighted by atomic mass is 19.1. The van der Waals surface area contributed by atoms with Crippen LogP contribution in [0.1, 0.15) is 36.8 Å². The molecule has 3 rings (SSSR count). The molecule has 2 aromatic carbocycles. The highest BCUT2D eigenvalue weighted by Gasteiger charge is 2.41. The lowest BCUT2D eigenvalue weighted by Gasteiger charge is -2.35. The summed E-state index contributed by atoms with van der Waals surface area (Å²) in [5.41, 5.74) is 1.91. The van der Waals surface area contributed by atoms with Crippen LogP contribution in [0.3, 0.4) is 0 Å². The van der Waals surface area contributed by atoms with Crippen LogP contribution in [0.15, 0.2) is 54.6 Å². The summed E-state index contributed by atoms with van der Waals surface area (Å²) in [6.45, 7) is 0. The Balaban J connectivity index is 1.87. The van der Waals surface area contributed by atoms with Gasteiger partial charge in [-0.15, -0.1) is 0 Å². The van der Waals surface area contributed by atoms with Gasteiger partial charge in [0.15, 0.2) is 0 Å². The van der Waals surface area contributed by atoms with Gasteiger partial charge in [0.05, 0.1) is 6.10 Å². The van der Waals surface area contributed by atoms with Gasteiger partial charge in [0, 0.05) is 5.41 Å². The zero-order valence-electron chi connectivity index (χ0n) is 12.1. The van der Waals surface area contributed by atoms with Crippen LogP contribution in [-0.2, 0) is 11.8 Å². The van der Waals surface area contributed by atoms with Gasteiger partial charge in [-0.2, -0.15) is 0 Å². The zero-order valence-corrected chi connectivity index (χ0v) is 12.1. The van der Waals surface area contributed by atoms with Gasteiger partial charge in [-0.3, -0.25) is 0 Å². The molecule has 2 aromatic rings. The third kappa shape index (κ3) is 2.86. The van der Waals surface area contributed by atoms with Gasteiger partial charge in [-0.1, -0.05) is 55.3 Å². The SMILES string of the molecule is OC(Cc1cccc(F)c1)C1(c2ccccc2)CCCC1. The first kappa shape index (κ1) is 14.3. The molecule has 1 aliphatic carbocycles. The maximum atomic E-state index is 13.3. The highest BCUT2D eigenvalue weighted by molar-refractivity contribution is 5.30. The summed E-state index contributed by atoms with van der Waals surface area (Å²) in [4.78, 5) is 0. The second kappa shape index (κ2) is 5.98. The molecule has 0 aromatic heterocycles. The average Bonchev–Trinajstić information content (AvgIpc) is 2.99. The highest BCUT2D eigenvalue weighted by Crippen LogP contribution is 2.44. The monoisotopic (exact) mass is 284 g/mol. The Morgan fingerprint density at radius 2 is 1.71 bits per heavy atom. The fourth-order valence-corrected chi connectivity index (χ4v) is 3.67. The van der Waals surface area contributed by atoms with Crippen LogP contribution in [0.4, 0.5) is 4.39 Å². The molecule has 2 heteroatoms. The van der Waals surface area contributed by atoms with E-state index in [1.54, 1.807) is 6.07 Å². The van der Waals surface area contributed by atoms with Gasteiger partial charge in [0.1, 0.15) is 5.82 Å². The molecule has 21 heavy (non-hydrogen) atoms. The fourth-order valence-electron chi connectivity index (χ4n) is 3.67. The van der Waals surface area contributed by atoms with Crippen molar-refractivity contribution in [2.45, 2.75) is 43.6 Å². The van der Waals surface area contributed by atoms with Crippen LogP contribution in [0.5, 0.6) is 0 Å². The topological polar surface area (TPSA) is 20.2 Å². The average molecular weight is 284 g/mol. The van der Waals surface area contributed by atoms with Gasteiger partial charge in [-0.05, 0) is 42.5 Å². The summed E-state index contributed by atoms with van der Waals surface area (Å²) in [5.74, 6) is -0.236. The van der Waals surface area contributed by atoms with Gasteiger partial charge in [0.2, 0.25) is 0 Å². The van der Waals surface area contributed by atoms with Gasteiger partial charge >= 0.3 is 0 Å². The number of hydrogen-bond acceptors (Lipinski definition) is 1. The Labute approximate surface area is 125 Å². The Bertz CT molecular complexity index is 588. The van der Waals surface area contributed by atoms with E-state index in [0.29, 0.717) is 6.42 Å². The Morgan fingerprint density at radius 3 is 2.38 bits per heavy atom. The Morgan fingerprint density at radius 1 is 1.00 bits per heavy atom. The first-order chi connectivity index (χ1) is 10.2. The molecule has 1 atom stereocenters. The predicted molar refractivity (Wildman–Crippen MR) is 82.7 cm³/mol. The molecule has 1 unspecified atom stereocenters. The number of aliphatic hydroxyl groups excluding tert-OH is 1. The van der Waals surface area contributed by atoms with Crippen molar-refractivity contribution in [1.29, 1.82) is 0 Å².